The number of benzene rings is 1. The van der Waals surface area contributed by atoms with E-state index in [-0.39, 0.29) is 24.0 Å². The fourth-order valence-electron chi connectivity index (χ4n) is 3.10. The molecule has 0 aliphatic carbocycles. The van der Waals surface area contributed by atoms with Gasteiger partial charge < -0.3 is 14.5 Å². The first kappa shape index (κ1) is 18.3. The number of ether oxygens (including phenoxy) is 1. The fourth-order valence-corrected chi connectivity index (χ4v) is 3.10. The predicted molar refractivity (Wildman–Crippen MR) is 93.4 cm³/mol. The lowest BCUT2D eigenvalue weighted by Gasteiger charge is -2.38. The Morgan fingerprint density at radius 3 is 2.38 bits per heavy atom. The minimum absolute atomic E-state index is 0.0128. The molecule has 132 valence electrons. The molecule has 1 heterocycles. The largest absolute Gasteiger partial charge is 0.445 e. The van der Waals surface area contributed by atoms with Crippen LogP contribution in [0, 0.1) is 5.92 Å². The Morgan fingerprint density at radius 1 is 1.21 bits per heavy atom. The summed E-state index contributed by atoms with van der Waals surface area (Å²) < 4.78 is 5.38. The lowest BCUT2D eigenvalue weighted by atomic mass is 10.0. The molecular weight excluding hydrogens is 304 g/mol. The van der Waals surface area contributed by atoms with E-state index in [1.165, 1.54) is 0 Å². The van der Waals surface area contributed by atoms with Gasteiger partial charge in [-0.05, 0) is 25.3 Å². The Kier molecular flexibility index (Phi) is 6.64. The van der Waals surface area contributed by atoms with Gasteiger partial charge >= 0.3 is 6.09 Å². The summed E-state index contributed by atoms with van der Waals surface area (Å²) in [5, 5.41) is 0. The van der Waals surface area contributed by atoms with Gasteiger partial charge in [0, 0.05) is 31.6 Å². The van der Waals surface area contributed by atoms with Crippen LogP contribution in [0.25, 0.3) is 0 Å². The molecule has 24 heavy (non-hydrogen) atoms. The Bertz CT molecular complexity index is 537. The lowest BCUT2D eigenvalue weighted by Crippen LogP contribution is -2.49. The van der Waals surface area contributed by atoms with Gasteiger partial charge in [-0.3, -0.25) is 4.79 Å². The van der Waals surface area contributed by atoms with Crippen molar-refractivity contribution in [2.45, 2.75) is 46.3 Å². The number of carbonyl (C=O) groups is 2. The average Bonchev–Trinajstić information content (AvgIpc) is 2.61. The molecule has 0 unspecified atom stereocenters. The molecule has 0 radical (unpaired) electrons. The number of carbonyl (C=O) groups excluding carboxylic acids is 2. The van der Waals surface area contributed by atoms with Crippen LogP contribution in [-0.4, -0.2) is 47.5 Å². The first-order valence-electron chi connectivity index (χ1n) is 8.79. The molecule has 2 rings (SSSR count). The van der Waals surface area contributed by atoms with Crippen LogP contribution in [0.4, 0.5) is 4.79 Å². The third-order valence-electron chi connectivity index (χ3n) is 4.49. The molecule has 1 saturated heterocycles. The van der Waals surface area contributed by atoms with Crippen molar-refractivity contribution in [3.05, 3.63) is 35.9 Å². The normalized spacial score (nSPS) is 15.4. The predicted octanol–water partition coefficient (Wildman–Crippen LogP) is 3.29. The smallest absolute Gasteiger partial charge is 0.410 e. The highest BCUT2D eigenvalue weighted by Crippen LogP contribution is 2.19. The zero-order valence-corrected chi connectivity index (χ0v) is 14.9. The van der Waals surface area contributed by atoms with E-state index in [1.807, 2.05) is 56.0 Å². The molecule has 0 bridgehead atoms. The van der Waals surface area contributed by atoms with Crippen molar-refractivity contribution in [1.82, 2.24) is 9.80 Å². The number of likely N-dealkylation sites (tertiary alicyclic amines) is 1. The third-order valence-corrected chi connectivity index (χ3v) is 4.49. The van der Waals surface area contributed by atoms with E-state index in [2.05, 4.69) is 0 Å². The summed E-state index contributed by atoms with van der Waals surface area (Å²) in [6.45, 7) is 8.18. The number of amides is 2. The maximum absolute atomic E-state index is 12.3. The third kappa shape index (κ3) is 4.73. The summed E-state index contributed by atoms with van der Waals surface area (Å²) in [6, 6.07) is 9.91. The van der Waals surface area contributed by atoms with E-state index in [1.54, 1.807) is 4.90 Å². The number of piperidine rings is 1. The van der Waals surface area contributed by atoms with Crippen molar-refractivity contribution in [1.29, 1.82) is 0 Å². The Balaban J connectivity index is 1.81. The highest BCUT2D eigenvalue weighted by atomic mass is 16.6. The highest BCUT2D eigenvalue weighted by molar-refractivity contribution is 5.78. The molecule has 1 aromatic rings. The van der Waals surface area contributed by atoms with E-state index in [9.17, 15) is 9.59 Å². The van der Waals surface area contributed by atoms with Crippen LogP contribution < -0.4 is 0 Å². The van der Waals surface area contributed by atoms with Crippen molar-refractivity contribution in [3.63, 3.8) is 0 Å². The molecule has 1 aliphatic rings. The van der Waals surface area contributed by atoms with Gasteiger partial charge in [0.2, 0.25) is 5.91 Å². The fraction of sp³-hybridized carbons (Fsp3) is 0.579. The van der Waals surface area contributed by atoms with E-state index < -0.39 is 0 Å². The van der Waals surface area contributed by atoms with E-state index >= 15 is 0 Å². The number of hydrogen-bond donors (Lipinski definition) is 0. The van der Waals surface area contributed by atoms with Gasteiger partial charge in [-0.2, -0.15) is 0 Å². The monoisotopic (exact) mass is 332 g/mol. The zero-order valence-electron chi connectivity index (χ0n) is 14.9. The summed E-state index contributed by atoms with van der Waals surface area (Å²) in [4.78, 5) is 28.2. The maximum Gasteiger partial charge on any atom is 0.410 e. The number of nitrogens with zero attached hydrogens (tertiary/aromatic N) is 2. The van der Waals surface area contributed by atoms with Gasteiger partial charge in [-0.25, -0.2) is 4.79 Å². The molecular formula is C19H28N2O3. The minimum Gasteiger partial charge on any atom is -0.445 e. The Hall–Kier alpha value is -2.04. The van der Waals surface area contributed by atoms with Crippen LogP contribution in [0.1, 0.15) is 39.2 Å². The molecule has 1 aromatic carbocycles. The molecule has 0 saturated carbocycles. The second-order valence-corrected chi connectivity index (χ2v) is 6.54. The quantitative estimate of drug-likeness (QED) is 0.831. The van der Waals surface area contributed by atoms with Gasteiger partial charge in [0.1, 0.15) is 6.61 Å². The first-order valence-corrected chi connectivity index (χ1v) is 8.79. The molecule has 0 N–H and O–H groups in total. The summed E-state index contributed by atoms with van der Waals surface area (Å²) in [5.41, 5.74) is 0.987. The van der Waals surface area contributed by atoms with Crippen molar-refractivity contribution in [2.75, 3.05) is 19.6 Å². The first-order chi connectivity index (χ1) is 11.5. The van der Waals surface area contributed by atoms with Crippen LogP contribution in [0.5, 0.6) is 0 Å². The topological polar surface area (TPSA) is 49.9 Å². The van der Waals surface area contributed by atoms with Crippen molar-refractivity contribution in [3.8, 4) is 0 Å². The second-order valence-electron chi connectivity index (χ2n) is 6.54. The molecule has 0 atom stereocenters. The van der Waals surface area contributed by atoms with Crippen LogP contribution in [-0.2, 0) is 16.1 Å². The number of rotatable bonds is 5. The Morgan fingerprint density at radius 2 is 1.83 bits per heavy atom. The summed E-state index contributed by atoms with van der Waals surface area (Å²) >= 11 is 0. The lowest BCUT2D eigenvalue weighted by molar-refractivity contribution is -0.137. The van der Waals surface area contributed by atoms with Crippen LogP contribution in [0.2, 0.25) is 0 Å². The van der Waals surface area contributed by atoms with Crippen LogP contribution >= 0.6 is 0 Å². The molecule has 5 heteroatoms. The van der Waals surface area contributed by atoms with Gasteiger partial charge in [0.25, 0.3) is 0 Å². The van der Waals surface area contributed by atoms with Gasteiger partial charge in [-0.15, -0.1) is 0 Å². The molecule has 0 aromatic heterocycles. The molecule has 1 aliphatic heterocycles. The summed E-state index contributed by atoms with van der Waals surface area (Å²) in [7, 11) is 0. The zero-order chi connectivity index (χ0) is 17.5. The summed E-state index contributed by atoms with van der Waals surface area (Å²) in [5.74, 6) is 0.210. The molecule has 5 nitrogen and oxygen atoms in total. The second kappa shape index (κ2) is 8.71. The molecule has 0 spiro atoms. The SMILES string of the molecule is CCN(C(=O)C(C)C)C1CCN(C(=O)OCc2ccccc2)CC1. The van der Waals surface area contributed by atoms with E-state index in [4.69, 9.17) is 4.74 Å². The van der Waals surface area contributed by atoms with Crippen molar-refractivity contribution in [2.24, 2.45) is 5.92 Å². The van der Waals surface area contributed by atoms with Crippen LogP contribution in [0.3, 0.4) is 0 Å². The molecule has 2 amide bonds. The van der Waals surface area contributed by atoms with Crippen molar-refractivity contribution < 1.29 is 14.3 Å². The maximum atomic E-state index is 12.3. The van der Waals surface area contributed by atoms with Gasteiger partial charge in [-0.1, -0.05) is 44.2 Å². The highest BCUT2D eigenvalue weighted by Gasteiger charge is 2.30. The molecule has 1 fully saturated rings. The van der Waals surface area contributed by atoms with Crippen molar-refractivity contribution >= 4 is 12.0 Å². The van der Waals surface area contributed by atoms with Gasteiger partial charge in [0.05, 0.1) is 0 Å². The van der Waals surface area contributed by atoms with E-state index in [0.717, 1.165) is 24.9 Å². The van der Waals surface area contributed by atoms with Crippen LogP contribution in [0.15, 0.2) is 30.3 Å². The standard InChI is InChI=1S/C19H28N2O3/c1-4-21(18(22)15(2)3)17-10-12-20(13-11-17)19(23)24-14-16-8-6-5-7-9-16/h5-9,15,17H,4,10-14H2,1-3H3. The summed E-state index contributed by atoms with van der Waals surface area (Å²) in [6.07, 6.45) is 1.36. The minimum atomic E-state index is -0.268. The number of hydrogen-bond acceptors (Lipinski definition) is 3. The van der Waals surface area contributed by atoms with Gasteiger partial charge in [0.15, 0.2) is 0 Å². The Labute approximate surface area is 144 Å². The average molecular weight is 332 g/mol. The van der Waals surface area contributed by atoms with E-state index in [0.29, 0.717) is 19.7 Å².